The van der Waals surface area contributed by atoms with Gasteiger partial charge in [-0.3, -0.25) is 0 Å². The van der Waals surface area contributed by atoms with Gasteiger partial charge in [-0.25, -0.2) is 0 Å². The van der Waals surface area contributed by atoms with Crippen LogP contribution >= 0.6 is 11.6 Å². The molecule has 4 nitrogen and oxygen atoms in total. The maximum atomic E-state index is 5.91. The van der Waals surface area contributed by atoms with Crippen LogP contribution in [0.4, 0.5) is 0 Å². The van der Waals surface area contributed by atoms with Gasteiger partial charge in [-0.05, 0) is 30.3 Å². The Morgan fingerprint density at radius 3 is 2.77 bits per heavy atom. The Morgan fingerprint density at radius 1 is 1.09 bits per heavy atom. The van der Waals surface area contributed by atoms with Crippen LogP contribution in [-0.2, 0) is 6.61 Å². The first-order valence-electron chi connectivity index (χ1n) is 6.73. The topological polar surface area (TPSA) is 44.5 Å². The number of benzene rings is 2. The van der Waals surface area contributed by atoms with Gasteiger partial charge in [0.1, 0.15) is 23.8 Å². The van der Waals surface area contributed by atoms with Crippen LogP contribution in [-0.4, -0.2) is 12.3 Å². The van der Waals surface area contributed by atoms with Crippen molar-refractivity contribution in [1.82, 2.24) is 5.16 Å². The summed E-state index contributed by atoms with van der Waals surface area (Å²) in [6, 6.07) is 16.7. The van der Waals surface area contributed by atoms with Crippen LogP contribution in [0.5, 0.6) is 11.5 Å². The van der Waals surface area contributed by atoms with Crippen LogP contribution in [0.3, 0.4) is 0 Å². The van der Waals surface area contributed by atoms with Crippen molar-refractivity contribution < 1.29 is 14.0 Å². The van der Waals surface area contributed by atoms with Crippen molar-refractivity contribution in [3.8, 4) is 22.8 Å². The quantitative estimate of drug-likeness (QED) is 0.691. The molecule has 22 heavy (non-hydrogen) atoms. The van der Waals surface area contributed by atoms with Crippen LogP contribution < -0.4 is 9.47 Å². The molecule has 0 saturated carbocycles. The van der Waals surface area contributed by atoms with Crippen molar-refractivity contribution in [3.05, 3.63) is 65.4 Å². The summed E-state index contributed by atoms with van der Waals surface area (Å²) in [6.07, 6.45) is 0. The Balaban J connectivity index is 1.74. The smallest absolute Gasteiger partial charge is 0.174 e. The third-order valence-electron chi connectivity index (χ3n) is 3.12. The molecule has 0 amide bonds. The van der Waals surface area contributed by atoms with Crippen molar-refractivity contribution in [2.24, 2.45) is 0 Å². The highest BCUT2D eigenvalue weighted by Gasteiger charge is 2.11. The summed E-state index contributed by atoms with van der Waals surface area (Å²) in [4.78, 5) is 0. The SMILES string of the molecule is COc1ccccc1-c1cc(COc2cccc(Cl)c2)on1. The van der Waals surface area contributed by atoms with E-state index in [9.17, 15) is 0 Å². The molecule has 2 aromatic carbocycles. The van der Waals surface area contributed by atoms with E-state index in [0.717, 1.165) is 11.3 Å². The molecule has 112 valence electrons. The fourth-order valence-electron chi connectivity index (χ4n) is 2.08. The lowest BCUT2D eigenvalue weighted by Gasteiger charge is -2.04. The summed E-state index contributed by atoms with van der Waals surface area (Å²) >= 11 is 5.91. The van der Waals surface area contributed by atoms with Gasteiger partial charge < -0.3 is 14.0 Å². The zero-order valence-corrected chi connectivity index (χ0v) is 12.7. The third kappa shape index (κ3) is 3.23. The van der Waals surface area contributed by atoms with E-state index in [1.807, 2.05) is 42.5 Å². The first-order chi connectivity index (χ1) is 10.8. The van der Waals surface area contributed by atoms with E-state index in [-0.39, 0.29) is 6.61 Å². The number of methoxy groups -OCH3 is 1. The predicted molar refractivity (Wildman–Crippen MR) is 84.3 cm³/mol. The molecule has 0 bridgehead atoms. The Kier molecular flexibility index (Phi) is 4.30. The summed E-state index contributed by atoms with van der Waals surface area (Å²) in [6.45, 7) is 0.280. The third-order valence-corrected chi connectivity index (χ3v) is 3.35. The van der Waals surface area contributed by atoms with Gasteiger partial charge in [-0.2, -0.15) is 0 Å². The molecule has 5 heteroatoms. The minimum Gasteiger partial charge on any atom is -0.496 e. The lowest BCUT2D eigenvalue weighted by molar-refractivity contribution is 0.249. The fraction of sp³-hybridized carbons (Fsp3) is 0.118. The number of rotatable bonds is 5. The molecule has 0 radical (unpaired) electrons. The second-order valence-electron chi connectivity index (χ2n) is 4.62. The van der Waals surface area contributed by atoms with Crippen LogP contribution in [0.25, 0.3) is 11.3 Å². The van der Waals surface area contributed by atoms with Crippen LogP contribution in [0, 0.1) is 0 Å². The molecule has 0 aliphatic rings. The molecule has 3 aromatic rings. The highest BCUT2D eigenvalue weighted by atomic mass is 35.5. The number of nitrogens with zero attached hydrogens (tertiary/aromatic N) is 1. The van der Waals surface area contributed by atoms with Gasteiger partial charge >= 0.3 is 0 Å². The molecule has 1 aromatic heterocycles. The molecule has 0 fully saturated rings. The second-order valence-corrected chi connectivity index (χ2v) is 5.06. The second kappa shape index (κ2) is 6.54. The normalized spacial score (nSPS) is 10.5. The van der Waals surface area contributed by atoms with E-state index in [1.165, 1.54) is 0 Å². The summed E-state index contributed by atoms with van der Waals surface area (Å²) in [5.41, 5.74) is 1.59. The van der Waals surface area contributed by atoms with Gasteiger partial charge in [0.2, 0.25) is 0 Å². The van der Waals surface area contributed by atoms with Crippen molar-refractivity contribution in [3.63, 3.8) is 0 Å². The predicted octanol–water partition coefficient (Wildman–Crippen LogP) is 4.58. The Morgan fingerprint density at radius 2 is 1.95 bits per heavy atom. The number of halogens is 1. The maximum Gasteiger partial charge on any atom is 0.174 e. The molecule has 3 rings (SSSR count). The van der Waals surface area contributed by atoms with Crippen LogP contribution in [0.15, 0.2) is 59.1 Å². The molecule has 0 saturated heterocycles. The minimum atomic E-state index is 0.280. The zero-order chi connectivity index (χ0) is 15.4. The van der Waals surface area contributed by atoms with E-state index in [1.54, 1.807) is 19.2 Å². The van der Waals surface area contributed by atoms with Crippen LogP contribution in [0.2, 0.25) is 5.02 Å². The van der Waals surface area contributed by atoms with Gasteiger partial charge in [0.05, 0.1) is 7.11 Å². The van der Waals surface area contributed by atoms with Gasteiger partial charge in [0, 0.05) is 16.7 Å². The Hall–Kier alpha value is -2.46. The average Bonchev–Trinajstić information content (AvgIpc) is 3.02. The Labute approximate surface area is 133 Å². The molecule has 0 spiro atoms. The first kappa shape index (κ1) is 14.5. The lowest BCUT2D eigenvalue weighted by atomic mass is 10.1. The first-order valence-corrected chi connectivity index (χ1v) is 7.11. The number of hydrogen-bond acceptors (Lipinski definition) is 4. The van der Waals surface area contributed by atoms with Gasteiger partial charge in [0.15, 0.2) is 5.76 Å². The summed E-state index contributed by atoms with van der Waals surface area (Å²) < 4.78 is 16.3. The number of ether oxygens (including phenoxy) is 2. The lowest BCUT2D eigenvalue weighted by Crippen LogP contribution is -1.93. The van der Waals surface area contributed by atoms with E-state index >= 15 is 0 Å². The average molecular weight is 316 g/mol. The molecular formula is C17H14ClNO3. The van der Waals surface area contributed by atoms with E-state index < -0.39 is 0 Å². The monoisotopic (exact) mass is 315 g/mol. The standard InChI is InChI=1S/C17H14ClNO3/c1-20-17-8-3-2-7-15(17)16-10-14(22-19-16)11-21-13-6-4-5-12(18)9-13/h2-10H,11H2,1H3. The van der Waals surface area contributed by atoms with E-state index in [2.05, 4.69) is 5.16 Å². The van der Waals surface area contributed by atoms with E-state index in [0.29, 0.717) is 22.2 Å². The molecule has 0 N–H and O–H groups in total. The molecule has 1 heterocycles. The van der Waals surface area contributed by atoms with Gasteiger partial charge in [-0.1, -0.05) is 35.0 Å². The largest absolute Gasteiger partial charge is 0.496 e. The number of hydrogen-bond donors (Lipinski definition) is 0. The summed E-state index contributed by atoms with van der Waals surface area (Å²) in [5.74, 6) is 2.06. The Bertz CT molecular complexity index is 770. The van der Waals surface area contributed by atoms with Crippen LogP contribution in [0.1, 0.15) is 5.76 Å². The zero-order valence-electron chi connectivity index (χ0n) is 12.0. The highest BCUT2D eigenvalue weighted by Crippen LogP contribution is 2.29. The van der Waals surface area contributed by atoms with Crippen molar-refractivity contribution in [2.45, 2.75) is 6.61 Å². The molecule has 0 aliphatic heterocycles. The van der Waals surface area contributed by atoms with Crippen molar-refractivity contribution >= 4 is 11.6 Å². The van der Waals surface area contributed by atoms with Gasteiger partial charge in [-0.15, -0.1) is 0 Å². The maximum absolute atomic E-state index is 5.91. The summed E-state index contributed by atoms with van der Waals surface area (Å²) in [7, 11) is 1.63. The van der Waals surface area contributed by atoms with Crippen molar-refractivity contribution in [2.75, 3.05) is 7.11 Å². The minimum absolute atomic E-state index is 0.280. The molecule has 0 unspecified atom stereocenters. The highest BCUT2D eigenvalue weighted by molar-refractivity contribution is 6.30. The van der Waals surface area contributed by atoms with Gasteiger partial charge in [0.25, 0.3) is 0 Å². The molecule has 0 atom stereocenters. The molecular weight excluding hydrogens is 302 g/mol. The molecule has 0 aliphatic carbocycles. The fourth-order valence-corrected chi connectivity index (χ4v) is 2.26. The number of aromatic nitrogens is 1. The number of para-hydroxylation sites is 1. The van der Waals surface area contributed by atoms with Crippen molar-refractivity contribution in [1.29, 1.82) is 0 Å². The summed E-state index contributed by atoms with van der Waals surface area (Å²) in [5, 5.41) is 4.69. The van der Waals surface area contributed by atoms with E-state index in [4.69, 9.17) is 25.6 Å².